The molecule has 2 rings (SSSR count). The molecule has 0 saturated heterocycles. The number of rotatable bonds is 7. The number of carbonyl (C=O) groups is 1. The summed E-state index contributed by atoms with van der Waals surface area (Å²) in [4.78, 5) is 13.6. The van der Waals surface area contributed by atoms with Crippen LogP contribution in [0, 0.1) is 12.3 Å². The third-order valence-electron chi connectivity index (χ3n) is 3.17. The molecule has 0 spiro atoms. The molecule has 0 heterocycles. The van der Waals surface area contributed by atoms with Crippen molar-refractivity contribution in [1.29, 1.82) is 0 Å². The summed E-state index contributed by atoms with van der Waals surface area (Å²) in [6, 6.07) is 12.7. The molecule has 0 radical (unpaired) electrons. The summed E-state index contributed by atoms with van der Waals surface area (Å²) in [5.41, 5.74) is 1.26. The summed E-state index contributed by atoms with van der Waals surface area (Å²) >= 11 is 1.68. The molecule has 2 aromatic carbocycles. The number of thioether (sulfide) groups is 1. The molecule has 124 valence electrons. The van der Waals surface area contributed by atoms with Crippen LogP contribution < -0.4 is 14.8 Å². The Morgan fingerprint density at radius 1 is 1.25 bits per heavy atom. The maximum Gasteiger partial charge on any atom is 0.255 e. The van der Waals surface area contributed by atoms with Crippen molar-refractivity contribution in [3.63, 3.8) is 0 Å². The van der Waals surface area contributed by atoms with Crippen LogP contribution in [0.5, 0.6) is 11.5 Å². The van der Waals surface area contributed by atoms with Gasteiger partial charge in [0.2, 0.25) is 0 Å². The fraction of sp³-hybridized carbons (Fsp3) is 0.211. The van der Waals surface area contributed by atoms with Crippen LogP contribution in [0.3, 0.4) is 0 Å². The first kappa shape index (κ1) is 17.8. The lowest BCUT2D eigenvalue weighted by Crippen LogP contribution is -2.13. The van der Waals surface area contributed by atoms with Gasteiger partial charge in [-0.25, -0.2) is 0 Å². The summed E-state index contributed by atoms with van der Waals surface area (Å²) < 4.78 is 10.7. The van der Waals surface area contributed by atoms with Crippen molar-refractivity contribution in [2.45, 2.75) is 11.8 Å². The van der Waals surface area contributed by atoms with E-state index < -0.39 is 0 Å². The van der Waals surface area contributed by atoms with E-state index in [4.69, 9.17) is 15.9 Å². The van der Waals surface area contributed by atoms with Crippen LogP contribution in [0.1, 0.15) is 17.3 Å². The van der Waals surface area contributed by atoms with E-state index in [-0.39, 0.29) is 12.5 Å². The second-order valence-electron chi connectivity index (χ2n) is 4.74. The van der Waals surface area contributed by atoms with Crippen molar-refractivity contribution >= 4 is 23.4 Å². The van der Waals surface area contributed by atoms with Crippen LogP contribution >= 0.6 is 11.8 Å². The van der Waals surface area contributed by atoms with Crippen molar-refractivity contribution in [3.8, 4) is 23.8 Å². The summed E-state index contributed by atoms with van der Waals surface area (Å²) in [5, 5.41) is 2.94. The van der Waals surface area contributed by atoms with Crippen LogP contribution in [0.15, 0.2) is 47.4 Å². The van der Waals surface area contributed by atoms with Gasteiger partial charge in [0.15, 0.2) is 11.5 Å². The molecule has 4 nitrogen and oxygen atoms in total. The lowest BCUT2D eigenvalue weighted by atomic mass is 10.2. The lowest BCUT2D eigenvalue weighted by molar-refractivity contribution is 0.102. The van der Waals surface area contributed by atoms with E-state index in [1.165, 1.54) is 7.11 Å². The molecule has 0 aliphatic rings. The van der Waals surface area contributed by atoms with Gasteiger partial charge in [-0.2, -0.15) is 0 Å². The molecule has 0 bridgehead atoms. The number of ether oxygens (including phenoxy) is 2. The van der Waals surface area contributed by atoms with Crippen molar-refractivity contribution in [1.82, 2.24) is 0 Å². The molecular weight excluding hydrogens is 322 g/mol. The molecule has 1 N–H and O–H groups in total. The Morgan fingerprint density at radius 2 is 2.04 bits per heavy atom. The number of nitrogens with one attached hydrogen (secondary N) is 1. The van der Waals surface area contributed by atoms with Gasteiger partial charge in [0, 0.05) is 10.5 Å². The Labute approximate surface area is 146 Å². The average Bonchev–Trinajstić information content (AvgIpc) is 2.61. The van der Waals surface area contributed by atoms with E-state index in [1.807, 2.05) is 24.3 Å². The molecule has 2 aromatic rings. The number of methoxy groups -OCH3 is 1. The zero-order valence-electron chi connectivity index (χ0n) is 13.7. The molecule has 0 atom stereocenters. The number of carbonyl (C=O) groups excluding carboxylic acids is 1. The van der Waals surface area contributed by atoms with E-state index in [0.717, 1.165) is 16.3 Å². The van der Waals surface area contributed by atoms with Crippen LogP contribution in [0.25, 0.3) is 0 Å². The van der Waals surface area contributed by atoms with Gasteiger partial charge in [-0.3, -0.25) is 4.79 Å². The zero-order chi connectivity index (χ0) is 17.4. The first-order valence-electron chi connectivity index (χ1n) is 7.47. The predicted molar refractivity (Wildman–Crippen MR) is 98.1 cm³/mol. The Kier molecular flexibility index (Phi) is 6.59. The smallest absolute Gasteiger partial charge is 0.255 e. The van der Waals surface area contributed by atoms with Gasteiger partial charge >= 0.3 is 0 Å². The molecule has 1 amide bonds. The summed E-state index contributed by atoms with van der Waals surface area (Å²) in [7, 11) is 1.54. The molecule has 0 fully saturated rings. The van der Waals surface area contributed by atoms with E-state index in [0.29, 0.717) is 17.1 Å². The third kappa shape index (κ3) is 4.46. The monoisotopic (exact) mass is 341 g/mol. The van der Waals surface area contributed by atoms with E-state index >= 15 is 0 Å². The topological polar surface area (TPSA) is 47.6 Å². The minimum atomic E-state index is -0.215. The second kappa shape index (κ2) is 8.90. The van der Waals surface area contributed by atoms with Gasteiger partial charge in [0.1, 0.15) is 6.61 Å². The molecule has 0 saturated carbocycles. The highest BCUT2D eigenvalue weighted by molar-refractivity contribution is 7.99. The highest BCUT2D eigenvalue weighted by Crippen LogP contribution is 2.30. The molecule has 24 heavy (non-hydrogen) atoms. The molecule has 0 aliphatic heterocycles. The first-order valence-corrected chi connectivity index (χ1v) is 8.45. The second-order valence-corrected chi connectivity index (χ2v) is 6.05. The average molecular weight is 341 g/mol. The van der Waals surface area contributed by atoms with E-state index in [2.05, 4.69) is 18.2 Å². The van der Waals surface area contributed by atoms with Crippen LogP contribution in [0.2, 0.25) is 0 Å². The first-order chi connectivity index (χ1) is 11.7. The van der Waals surface area contributed by atoms with Crippen molar-refractivity contribution in [2.75, 3.05) is 24.8 Å². The quantitative estimate of drug-likeness (QED) is 0.609. The van der Waals surface area contributed by atoms with Gasteiger partial charge < -0.3 is 14.8 Å². The minimum Gasteiger partial charge on any atom is -0.493 e. The normalized spacial score (nSPS) is 9.88. The fourth-order valence-corrected chi connectivity index (χ4v) is 2.86. The highest BCUT2D eigenvalue weighted by Gasteiger charge is 2.13. The number of anilines is 1. The molecule has 5 heteroatoms. The van der Waals surface area contributed by atoms with E-state index in [9.17, 15) is 4.79 Å². The Hall–Kier alpha value is -2.58. The Balaban J connectivity index is 2.22. The van der Waals surface area contributed by atoms with Crippen molar-refractivity contribution in [2.24, 2.45) is 0 Å². The van der Waals surface area contributed by atoms with Crippen LogP contribution in [-0.2, 0) is 0 Å². The maximum atomic E-state index is 12.5. The largest absolute Gasteiger partial charge is 0.493 e. The highest BCUT2D eigenvalue weighted by atomic mass is 32.2. The fourth-order valence-electron chi connectivity index (χ4n) is 2.10. The summed E-state index contributed by atoms with van der Waals surface area (Å²) in [5.74, 6) is 4.09. The number of amides is 1. The number of para-hydroxylation sites is 1. The molecule has 0 unspecified atom stereocenters. The molecular formula is C19H19NO3S. The van der Waals surface area contributed by atoms with E-state index in [1.54, 1.807) is 30.0 Å². The van der Waals surface area contributed by atoms with Crippen LogP contribution in [-0.4, -0.2) is 25.4 Å². The minimum absolute atomic E-state index is 0.109. The van der Waals surface area contributed by atoms with Gasteiger partial charge in [-0.1, -0.05) is 25.0 Å². The maximum absolute atomic E-state index is 12.5. The molecule has 0 aromatic heterocycles. The number of benzene rings is 2. The van der Waals surface area contributed by atoms with Gasteiger partial charge in [0.25, 0.3) is 5.91 Å². The van der Waals surface area contributed by atoms with Crippen LogP contribution in [0.4, 0.5) is 5.69 Å². The van der Waals surface area contributed by atoms with Crippen molar-refractivity contribution < 1.29 is 14.3 Å². The van der Waals surface area contributed by atoms with Crippen molar-refractivity contribution in [3.05, 3.63) is 48.0 Å². The standard InChI is InChI=1S/C19H19NO3S/c1-4-12-23-17-13-14(10-11-16(17)22-3)19(21)20-15-8-6-7-9-18(15)24-5-2/h1,6-11,13H,5,12H2,2-3H3,(H,20,21). The van der Waals surface area contributed by atoms with Gasteiger partial charge in [-0.15, -0.1) is 18.2 Å². The number of terminal acetylenes is 1. The number of hydrogen-bond acceptors (Lipinski definition) is 4. The summed E-state index contributed by atoms with van der Waals surface area (Å²) in [6.07, 6.45) is 5.22. The Morgan fingerprint density at radius 3 is 2.75 bits per heavy atom. The predicted octanol–water partition coefficient (Wildman–Crippen LogP) is 4.07. The van der Waals surface area contributed by atoms with Gasteiger partial charge in [0.05, 0.1) is 12.8 Å². The molecule has 0 aliphatic carbocycles. The number of hydrogen-bond donors (Lipinski definition) is 1. The summed E-state index contributed by atoms with van der Waals surface area (Å²) in [6.45, 7) is 2.18. The van der Waals surface area contributed by atoms with Gasteiger partial charge in [-0.05, 0) is 36.1 Å². The Bertz CT molecular complexity index is 753. The lowest BCUT2D eigenvalue weighted by Gasteiger charge is -2.12. The third-order valence-corrected chi connectivity index (χ3v) is 4.13. The zero-order valence-corrected chi connectivity index (χ0v) is 14.5. The SMILES string of the molecule is C#CCOc1cc(C(=O)Nc2ccccc2SCC)ccc1OC.